The van der Waals surface area contributed by atoms with E-state index >= 15 is 0 Å². The van der Waals surface area contributed by atoms with Gasteiger partial charge in [-0.1, -0.05) is 30.7 Å². The van der Waals surface area contributed by atoms with Gasteiger partial charge in [-0.2, -0.15) is 0 Å². The summed E-state index contributed by atoms with van der Waals surface area (Å²) in [6, 6.07) is 11.4. The summed E-state index contributed by atoms with van der Waals surface area (Å²) >= 11 is 5.96. The molecule has 0 saturated heterocycles. The lowest BCUT2D eigenvalue weighted by molar-refractivity contribution is -0.138. The third-order valence-corrected chi connectivity index (χ3v) is 4.07. The van der Waals surface area contributed by atoms with E-state index in [2.05, 4.69) is 0 Å². The van der Waals surface area contributed by atoms with E-state index < -0.39 is 5.97 Å². The molecule has 138 valence electrons. The first-order valence-corrected chi connectivity index (χ1v) is 8.69. The minimum atomic E-state index is -0.431. The third-order valence-electron chi connectivity index (χ3n) is 3.84. The van der Waals surface area contributed by atoms with Crippen molar-refractivity contribution < 1.29 is 19.7 Å². The molecule has 2 aromatic carbocycles. The molecule has 0 aliphatic rings. The molecule has 0 unspecified atom stereocenters. The molecule has 0 aliphatic carbocycles. The van der Waals surface area contributed by atoms with E-state index in [0.717, 1.165) is 17.7 Å². The van der Waals surface area contributed by atoms with Crippen LogP contribution in [0.25, 0.3) is 6.08 Å². The summed E-state index contributed by atoms with van der Waals surface area (Å²) < 4.78 is 5.21. The Labute approximate surface area is 158 Å². The maximum atomic E-state index is 11.8. The fourth-order valence-corrected chi connectivity index (χ4v) is 2.54. The van der Waals surface area contributed by atoms with Crippen LogP contribution in [-0.2, 0) is 16.1 Å². The van der Waals surface area contributed by atoms with Crippen LogP contribution in [0.2, 0.25) is 5.02 Å². The van der Waals surface area contributed by atoms with Crippen LogP contribution in [0.4, 0.5) is 0 Å². The molecule has 0 fully saturated rings. The number of phenols is 2. The van der Waals surface area contributed by atoms with E-state index in [4.69, 9.17) is 16.3 Å². The van der Waals surface area contributed by atoms with Crippen LogP contribution in [0.5, 0.6) is 11.5 Å². The predicted molar refractivity (Wildman–Crippen MR) is 102 cm³/mol. The molecule has 2 rings (SSSR count). The quantitative estimate of drug-likeness (QED) is 0.542. The first kappa shape index (κ1) is 19.8. The van der Waals surface area contributed by atoms with Crippen molar-refractivity contribution in [2.45, 2.75) is 13.5 Å². The Kier molecular flexibility index (Phi) is 7.51. The van der Waals surface area contributed by atoms with Crippen molar-refractivity contribution >= 4 is 23.6 Å². The molecule has 6 heteroatoms. The minimum Gasteiger partial charge on any atom is -0.508 e. The van der Waals surface area contributed by atoms with Crippen LogP contribution in [0.15, 0.2) is 48.5 Å². The Bertz CT molecular complexity index is 759. The maximum Gasteiger partial charge on any atom is 0.330 e. The fraction of sp³-hybridized carbons (Fsp3) is 0.250. The third kappa shape index (κ3) is 6.43. The number of likely N-dealkylation sites (N-methyl/N-ethyl adjacent to an activating group) is 1. The first-order valence-electron chi connectivity index (χ1n) is 8.31. The number of hydrogen-bond acceptors (Lipinski definition) is 5. The first-order chi connectivity index (χ1) is 12.5. The van der Waals surface area contributed by atoms with Gasteiger partial charge in [0.2, 0.25) is 0 Å². The second-order valence-electron chi connectivity index (χ2n) is 5.73. The van der Waals surface area contributed by atoms with Gasteiger partial charge in [0.15, 0.2) is 0 Å². The van der Waals surface area contributed by atoms with Gasteiger partial charge >= 0.3 is 5.97 Å². The normalized spacial score (nSPS) is 11.2. The summed E-state index contributed by atoms with van der Waals surface area (Å²) in [4.78, 5) is 13.8. The SMILES string of the molecule is CCN(CCOC(=O)C=Cc1ccc(O)cc1)Cc1cc(Cl)ccc1O. The zero-order valence-electron chi connectivity index (χ0n) is 14.6. The number of benzene rings is 2. The number of rotatable bonds is 8. The minimum absolute atomic E-state index is 0.176. The molecule has 0 radical (unpaired) electrons. The summed E-state index contributed by atoms with van der Waals surface area (Å²) in [6.45, 7) is 4.04. The van der Waals surface area contributed by atoms with E-state index in [1.54, 1.807) is 48.5 Å². The number of phenolic OH excluding ortho intramolecular Hbond substituents is 2. The maximum absolute atomic E-state index is 11.8. The fourth-order valence-electron chi connectivity index (χ4n) is 2.34. The number of esters is 1. The number of ether oxygens (including phenoxy) is 1. The summed E-state index contributed by atoms with van der Waals surface area (Å²) in [6.07, 6.45) is 2.98. The largest absolute Gasteiger partial charge is 0.508 e. The molecule has 0 atom stereocenters. The topological polar surface area (TPSA) is 70.0 Å². The summed E-state index contributed by atoms with van der Waals surface area (Å²) in [7, 11) is 0. The molecule has 0 bridgehead atoms. The van der Waals surface area contributed by atoms with E-state index in [0.29, 0.717) is 18.1 Å². The molecule has 0 saturated carbocycles. The molecule has 0 heterocycles. The lowest BCUT2D eigenvalue weighted by Crippen LogP contribution is -2.27. The molecule has 0 spiro atoms. The predicted octanol–water partition coefficient (Wildman–Crippen LogP) is 3.83. The van der Waals surface area contributed by atoms with Gasteiger partial charge in [0.05, 0.1) is 0 Å². The van der Waals surface area contributed by atoms with Crippen molar-refractivity contribution in [1.82, 2.24) is 4.90 Å². The van der Waals surface area contributed by atoms with Crippen LogP contribution < -0.4 is 0 Å². The smallest absolute Gasteiger partial charge is 0.330 e. The molecule has 5 nitrogen and oxygen atoms in total. The monoisotopic (exact) mass is 375 g/mol. The van der Waals surface area contributed by atoms with Gasteiger partial charge in [-0.05, 0) is 48.5 Å². The highest BCUT2D eigenvalue weighted by Crippen LogP contribution is 2.22. The zero-order valence-corrected chi connectivity index (χ0v) is 15.3. The van der Waals surface area contributed by atoms with Gasteiger partial charge in [0.1, 0.15) is 18.1 Å². The number of halogens is 1. The number of nitrogens with zero attached hydrogens (tertiary/aromatic N) is 1. The van der Waals surface area contributed by atoms with Crippen molar-refractivity contribution in [3.8, 4) is 11.5 Å². The number of carbonyl (C=O) groups is 1. The van der Waals surface area contributed by atoms with Crippen LogP contribution in [0, 0.1) is 0 Å². The standard InChI is InChI=1S/C20H22ClNO4/c1-2-22(14-16-13-17(21)6-9-19(16)24)11-12-26-20(25)10-5-15-3-7-18(23)8-4-15/h3-10,13,23-24H,2,11-12,14H2,1H3. The van der Waals surface area contributed by atoms with Gasteiger partial charge in [-0.25, -0.2) is 4.79 Å². The summed E-state index contributed by atoms with van der Waals surface area (Å²) in [5.41, 5.74) is 1.53. The van der Waals surface area contributed by atoms with E-state index in [1.807, 2.05) is 11.8 Å². The highest BCUT2D eigenvalue weighted by atomic mass is 35.5. The van der Waals surface area contributed by atoms with Gasteiger partial charge in [0.25, 0.3) is 0 Å². The molecule has 2 aromatic rings. The second kappa shape index (κ2) is 9.85. The molecular formula is C20H22ClNO4. The Morgan fingerprint density at radius 3 is 2.62 bits per heavy atom. The average molecular weight is 376 g/mol. The van der Waals surface area contributed by atoms with Gasteiger partial charge in [-0.15, -0.1) is 0 Å². The Hall–Kier alpha value is -2.50. The summed E-state index contributed by atoms with van der Waals surface area (Å²) in [5.74, 6) is -0.0588. The molecule has 0 aliphatic heterocycles. The van der Waals surface area contributed by atoms with Gasteiger partial charge in [-0.3, -0.25) is 4.90 Å². The van der Waals surface area contributed by atoms with E-state index in [1.165, 1.54) is 6.08 Å². The van der Waals surface area contributed by atoms with Crippen LogP contribution in [-0.4, -0.2) is 40.8 Å². The van der Waals surface area contributed by atoms with Crippen molar-refractivity contribution in [1.29, 1.82) is 0 Å². The highest BCUT2D eigenvalue weighted by molar-refractivity contribution is 6.30. The van der Waals surface area contributed by atoms with Gasteiger partial charge in [0, 0.05) is 29.8 Å². The van der Waals surface area contributed by atoms with E-state index in [9.17, 15) is 15.0 Å². The molecular weight excluding hydrogens is 354 g/mol. The Morgan fingerprint density at radius 1 is 1.19 bits per heavy atom. The van der Waals surface area contributed by atoms with Gasteiger partial charge < -0.3 is 14.9 Å². The lowest BCUT2D eigenvalue weighted by Gasteiger charge is -2.20. The zero-order chi connectivity index (χ0) is 18.9. The molecule has 26 heavy (non-hydrogen) atoms. The van der Waals surface area contributed by atoms with Crippen molar-refractivity contribution in [3.05, 3.63) is 64.7 Å². The number of hydrogen-bond donors (Lipinski definition) is 2. The lowest BCUT2D eigenvalue weighted by atomic mass is 10.2. The van der Waals surface area contributed by atoms with Crippen LogP contribution in [0.3, 0.4) is 0 Å². The second-order valence-corrected chi connectivity index (χ2v) is 6.17. The van der Waals surface area contributed by atoms with Crippen molar-refractivity contribution in [2.24, 2.45) is 0 Å². The average Bonchev–Trinajstić information content (AvgIpc) is 2.63. The number of aromatic hydroxyl groups is 2. The van der Waals surface area contributed by atoms with Crippen LogP contribution >= 0.6 is 11.6 Å². The summed E-state index contributed by atoms with van der Waals surface area (Å²) in [5, 5.41) is 19.7. The highest BCUT2D eigenvalue weighted by Gasteiger charge is 2.09. The number of carbonyl (C=O) groups excluding carboxylic acids is 1. The van der Waals surface area contributed by atoms with Crippen LogP contribution in [0.1, 0.15) is 18.1 Å². The molecule has 2 N–H and O–H groups in total. The van der Waals surface area contributed by atoms with Crippen molar-refractivity contribution in [2.75, 3.05) is 19.7 Å². The molecule has 0 aromatic heterocycles. The Balaban J connectivity index is 1.80. The molecule has 0 amide bonds. The van der Waals surface area contributed by atoms with Crippen molar-refractivity contribution in [3.63, 3.8) is 0 Å². The van der Waals surface area contributed by atoms with E-state index in [-0.39, 0.29) is 18.1 Å². The Morgan fingerprint density at radius 2 is 1.92 bits per heavy atom.